The van der Waals surface area contributed by atoms with Crippen LogP contribution in [-0.2, 0) is 0 Å². The molecule has 0 saturated carbocycles. The number of rotatable bonds is 2. The van der Waals surface area contributed by atoms with E-state index in [0.29, 0.717) is 16.5 Å². The fraction of sp³-hybridized carbons (Fsp3) is 0. The zero-order chi connectivity index (χ0) is 13.0. The van der Waals surface area contributed by atoms with Crippen LogP contribution in [-0.4, -0.2) is 11.0 Å². The Morgan fingerprint density at radius 3 is 2.72 bits per heavy atom. The van der Waals surface area contributed by atoms with Crippen LogP contribution < -0.4 is 10.6 Å². The Morgan fingerprint density at radius 1 is 1.22 bits per heavy atom. The highest BCUT2D eigenvalue weighted by atomic mass is 79.9. The number of hydrogen-bond acceptors (Lipinski definition) is 2. The van der Waals surface area contributed by atoms with E-state index >= 15 is 0 Å². The van der Waals surface area contributed by atoms with Gasteiger partial charge < -0.3 is 5.32 Å². The lowest BCUT2D eigenvalue weighted by Gasteiger charge is -2.08. The Hall–Kier alpha value is -1.59. The average Bonchev–Trinajstić information content (AvgIpc) is 2.34. The maximum absolute atomic E-state index is 11.7. The lowest BCUT2D eigenvalue weighted by atomic mass is 10.3. The minimum absolute atomic E-state index is 0.391. The molecule has 0 atom stereocenters. The van der Waals surface area contributed by atoms with Crippen LogP contribution in [0, 0.1) is 0 Å². The van der Waals surface area contributed by atoms with Crippen LogP contribution in [0.5, 0.6) is 0 Å². The molecule has 2 amide bonds. The second-order valence-corrected chi connectivity index (χ2v) is 4.74. The standard InChI is InChI=1S/C12H9BrClN3O/c13-8-4-5-10(9(14)7-8)16-12(18)17-11-3-1-2-6-15-11/h1-7H,(H2,15,16,17,18). The van der Waals surface area contributed by atoms with Gasteiger partial charge in [0.05, 0.1) is 10.7 Å². The molecule has 0 aliphatic heterocycles. The number of nitrogens with one attached hydrogen (secondary N) is 2. The number of urea groups is 1. The van der Waals surface area contributed by atoms with E-state index < -0.39 is 6.03 Å². The van der Waals surface area contributed by atoms with Gasteiger partial charge in [-0.1, -0.05) is 33.6 Å². The summed E-state index contributed by atoms with van der Waals surface area (Å²) < 4.78 is 0.850. The van der Waals surface area contributed by atoms with Crippen LogP contribution >= 0.6 is 27.5 Å². The normalized spacial score (nSPS) is 9.89. The van der Waals surface area contributed by atoms with Crippen molar-refractivity contribution >= 4 is 45.1 Å². The number of aromatic nitrogens is 1. The molecule has 0 radical (unpaired) electrons. The molecule has 2 rings (SSSR count). The molecule has 6 heteroatoms. The van der Waals surface area contributed by atoms with Gasteiger partial charge in [0.1, 0.15) is 5.82 Å². The first-order chi connectivity index (χ1) is 8.65. The largest absolute Gasteiger partial charge is 0.324 e. The molecule has 1 aromatic carbocycles. The number of carbonyl (C=O) groups is 1. The second-order valence-electron chi connectivity index (χ2n) is 3.42. The molecule has 0 aliphatic carbocycles. The number of hydrogen-bond donors (Lipinski definition) is 2. The zero-order valence-electron chi connectivity index (χ0n) is 9.15. The molecule has 1 aromatic heterocycles. The first-order valence-corrected chi connectivity index (χ1v) is 6.26. The third-order valence-corrected chi connectivity index (χ3v) is 2.89. The van der Waals surface area contributed by atoms with E-state index in [1.165, 1.54) is 0 Å². The Labute approximate surface area is 118 Å². The van der Waals surface area contributed by atoms with Gasteiger partial charge in [0.15, 0.2) is 0 Å². The molecule has 0 bridgehead atoms. The Morgan fingerprint density at radius 2 is 2.06 bits per heavy atom. The number of anilines is 2. The average molecular weight is 327 g/mol. The highest BCUT2D eigenvalue weighted by Crippen LogP contribution is 2.25. The van der Waals surface area contributed by atoms with Crippen molar-refractivity contribution in [1.82, 2.24) is 4.98 Å². The van der Waals surface area contributed by atoms with Crippen molar-refractivity contribution in [2.75, 3.05) is 10.6 Å². The lowest BCUT2D eigenvalue weighted by Crippen LogP contribution is -2.20. The molecule has 0 aliphatic rings. The quantitative estimate of drug-likeness (QED) is 0.871. The highest BCUT2D eigenvalue weighted by molar-refractivity contribution is 9.10. The summed E-state index contributed by atoms with van der Waals surface area (Å²) in [5, 5.41) is 5.70. The van der Waals surface area contributed by atoms with Crippen LogP contribution in [0.15, 0.2) is 47.1 Å². The first kappa shape index (κ1) is 12.9. The summed E-state index contributed by atoms with van der Waals surface area (Å²) in [5.41, 5.74) is 0.535. The van der Waals surface area contributed by atoms with Gasteiger partial charge in [0.2, 0.25) is 0 Å². The van der Waals surface area contributed by atoms with Crippen LogP contribution in [0.2, 0.25) is 5.02 Å². The fourth-order valence-electron chi connectivity index (χ4n) is 1.30. The van der Waals surface area contributed by atoms with E-state index in [-0.39, 0.29) is 0 Å². The minimum Gasteiger partial charge on any atom is -0.306 e. The van der Waals surface area contributed by atoms with Crippen molar-refractivity contribution in [2.45, 2.75) is 0 Å². The van der Waals surface area contributed by atoms with E-state index in [0.717, 1.165) is 4.47 Å². The third kappa shape index (κ3) is 3.45. The Kier molecular flexibility index (Phi) is 4.17. The van der Waals surface area contributed by atoms with Gasteiger partial charge in [-0.05, 0) is 30.3 Å². The van der Waals surface area contributed by atoms with E-state index in [2.05, 4.69) is 31.5 Å². The smallest absolute Gasteiger partial charge is 0.306 e. The van der Waals surface area contributed by atoms with Crippen molar-refractivity contribution in [2.24, 2.45) is 0 Å². The van der Waals surface area contributed by atoms with Gasteiger partial charge in [-0.3, -0.25) is 5.32 Å². The Balaban J connectivity index is 2.03. The molecule has 0 unspecified atom stereocenters. The van der Waals surface area contributed by atoms with E-state index in [4.69, 9.17) is 11.6 Å². The number of amides is 2. The molecule has 0 spiro atoms. The fourth-order valence-corrected chi connectivity index (χ4v) is 2.02. The minimum atomic E-state index is -0.391. The summed E-state index contributed by atoms with van der Waals surface area (Å²) in [6, 6.07) is 10.1. The second kappa shape index (κ2) is 5.84. The number of nitrogens with zero attached hydrogens (tertiary/aromatic N) is 1. The van der Waals surface area contributed by atoms with Gasteiger partial charge in [0.25, 0.3) is 0 Å². The maximum Gasteiger partial charge on any atom is 0.324 e. The molecule has 18 heavy (non-hydrogen) atoms. The van der Waals surface area contributed by atoms with Crippen molar-refractivity contribution in [1.29, 1.82) is 0 Å². The summed E-state index contributed by atoms with van der Waals surface area (Å²) in [6.07, 6.45) is 1.60. The highest BCUT2D eigenvalue weighted by Gasteiger charge is 2.06. The van der Waals surface area contributed by atoms with Gasteiger partial charge in [-0.2, -0.15) is 0 Å². The van der Waals surface area contributed by atoms with Crippen molar-refractivity contribution < 1.29 is 4.79 Å². The van der Waals surface area contributed by atoms with Crippen molar-refractivity contribution in [3.8, 4) is 0 Å². The summed E-state index contributed by atoms with van der Waals surface area (Å²) in [5.74, 6) is 0.475. The van der Waals surface area contributed by atoms with E-state index in [1.807, 2.05) is 0 Å². The number of carbonyl (C=O) groups excluding carboxylic acids is 1. The van der Waals surface area contributed by atoms with Crippen LogP contribution in [0.4, 0.5) is 16.3 Å². The molecular formula is C12H9BrClN3O. The topological polar surface area (TPSA) is 54.0 Å². The molecule has 1 heterocycles. The molecule has 4 nitrogen and oxygen atoms in total. The lowest BCUT2D eigenvalue weighted by molar-refractivity contribution is 0.262. The van der Waals surface area contributed by atoms with Gasteiger partial charge in [-0.15, -0.1) is 0 Å². The number of halogens is 2. The third-order valence-electron chi connectivity index (χ3n) is 2.09. The van der Waals surface area contributed by atoms with Crippen LogP contribution in [0.25, 0.3) is 0 Å². The maximum atomic E-state index is 11.7. The van der Waals surface area contributed by atoms with E-state index in [9.17, 15) is 4.79 Å². The predicted molar refractivity (Wildman–Crippen MR) is 76.0 cm³/mol. The van der Waals surface area contributed by atoms with Gasteiger partial charge in [-0.25, -0.2) is 9.78 Å². The number of pyridine rings is 1. The molecular weight excluding hydrogens is 318 g/mol. The molecule has 92 valence electrons. The first-order valence-electron chi connectivity index (χ1n) is 5.09. The summed E-state index contributed by atoms with van der Waals surface area (Å²) in [4.78, 5) is 15.7. The summed E-state index contributed by atoms with van der Waals surface area (Å²) in [6.45, 7) is 0. The molecule has 2 aromatic rings. The molecule has 0 saturated heterocycles. The van der Waals surface area contributed by atoms with Crippen LogP contribution in [0.3, 0.4) is 0 Å². The monoisotopic (exact) mass is 325 g/mol. The summed E-state index contributed by atoms with van der Waals surface area (Å²) >= 11 is 9.28. The zero-order valence-corrected chi connectivity index (χ0v) is 11.5. The summed E-state index contributed by atoms with van der Waals surface area (Å²) in [7, 11) is 0. The van der Waals surface area contributed by atoms with Gasteiger partial charge >= 0.3 is 6.03 Å². The van der Waals surface area contributed by atoms with Crippen molar-refractivity contribution in [3.05, 3.63) is 52.1 Å². The molecule has 2 N–H and O–H groups in total. The predicted octanol–water partition coefficient (Wildman–Crippen LogP) is 4.14. The number of benzene rings is 1. The van der Waals surface area contributed by atoms with Crippen LogP contribution in [0.1, 0.15) is 0 Å². The van der Waals surface area contributed by atoms with Crippen molar-refractivity contribution in [3.63, 3.8) is 0 Å². The van der Waals surface area contributed by atoms with Gasteiger partial charge in [0, 0.05) is 10.7 Å². The van der Waals surface area contributed by atoms with E-state index in [1.54, 1.807) is 42.6 Å². The SMILES string of the molecule is O=C(Nc1ccccn1)Nc1ccc(Br)cc1Cl. The molecule has 0 fully saturated rings. The Bertz CT molecular complexity index is 563.